The van der Waals surface area contributed by atoms with Gasteiger partial charge in [0, 0.05) is 18.7 Å². The number of carbonyl (C=O) groups is 1. The third-order valence-corrected chi connectivity index (χ3v) is 3.62. The number of amides is 1. The van der Waals surface area contributed by atoms with Gasteiger partial charge in [0.05, 0.1) is 5.02 Å². The molecule has 25 heavy (non-hydrogen) atoms. The molecule has 2 aromatic rings. The van der Waals surface area contributed by atoms with Crippen molar-refractivity contribution in [2.24, 2.45) is 0 Å². The van der Waals surface area contributed by atoms with Crippen LogP contribution in [-0.4, -0.2) is 27.4 Å². The van der Waals surface area contributed by atoms with Crippen LogP contribution < -0.4 is 21.9 Å². The second-order valence-corrected chi connectivity index (χ2v) is 5.53. The molecule has 1 heterocycles. The van der Waals surface area contributed by atoms with E-state index in [4.69, 9.17) is 11.6 Å². The first-order valence-corrected chi connectivity index (χ1v) is 7.78. The molecular formula is C15H16ClFN4O4. The Morgan fingerprint density at radius 2 is 2.12 bits per heavy atom. The van der Waals surface area contributed by atoms with Crippen molar-refractivity contribution >= 4 is 23.3 Å². The van der Waals surface area contributed by atoms with Gasteiger partial charge in [0.2, 0.25) is 0 Å². The molecule has 0 saturated heterocycles. The van der Waals surface area contributed by atoms with E-state index in [2.05, 4.69) is 15.6 Å². The summed E-state index contributed by atoms with van der Waals surface area (Å²) in [6.07, 6.45) is 0.666. The first-order chi connectivity index (χ1) is 11.9. The number of rotatable bonds is 6. The van der Waals surface area contributed by atoms with Gasteiger partial charge in [-0.25, -0.2) is 9.18 Å². The number of halogens is 2. The topological polar surface area (TPSA) is 116 Å². The first kappa shape index (κ1) is 18.5. The normalized spacial score (nSPS) is 10.5. The predicted molar refractivity (Wildman–Crippen MR) is 89.9 cm³/mol. The van der Waals surface area contributed by atoms with Crippen LogP contribution in [0.4, 0.5) is 10.2 Å². The van der Waals surface area contributed by atoms with Gasteiger partial charge in [-0.15, -0.1) is 0 Å². The number of aromatic nitrogens is 2. The average molecular weight is 371 g/mol. The Kier molecular flexibility index (Phi) is 5.81. The molecule has 10 heteroatoms. The summed E-state index contributed by atoms with van der Waals surface area (Å²) >= 11 is 5.67. The molecule has 2 rings (SSSR count). The number of nitrogens with zero attached hydrogens (tertiary/aromatic N) is 1. The summed E-state index contributed by atoms with van der Waals surface area (Å²) in [6, 6.07) is 4.30. The number of aromatic amines is 1. The van der Waals surface area contributed by atoms with E-state index in [1.807, 2.05) is 6.92 Å². The molecule has 0 atom stereocenters. The number of hydrogen-bond acceptors (Lipinski definition) is 5. The maximum atomic E-state index is 13.8. The molecule has 0 radical (unpaired) electrons. The van der Waals surface area contributed by atoms with Crippen LogP contribution in [0, 0.1) is 5.82 Å². The fraction of sp³-hybridized carbons (Fsp3) is 0.267. The van der Waals surface area contributed by atoms with Crippen LogP contribution in [0.25, 0.3) is 0 Å². The fourth-order valence-corrected chi connectivity index (χ4v) is 2.26. The van der Waals surface area contributed by atoms with Crippen molar-refractivity contribution in [2.75, 3.05) is 11.9 Å². The highest BCUT2D eigenvalue weighted by atomic mass is 35.5. The van der Waals surface area contributed by atoms with Crippen molar-refractivity contribution in [3.8, 4) is 0 Å². The molecule has 0 unspecified atom stereocenters. The Morgan fingerprint density at radius 1 is 1.40 bits per heavy atom. The van der Waals surface area contributed by atoms with E-state index in [1.54, 1.807) is 0 Å². The van der Waals surface area contributed by atoms with E-state index in [0.29, 0.717) is 13.0 Å². The van der Waals surface area contributed by atoms with Crippen molar-refractivity contribution in [1.29, 1.82) is 0 Å². The molecule has 0 bridgehead atoms. The third kappa shape index (κ3) is 4.00. The molecule has 0 spiro atoms. The van der Waals surface area contributed by atoms with E-state index < -0.39 is 28.5 Å². The highest BCUT2D eigenvalue weighted by molar-refractivity contribution is 6.30. The summed E-state index contributed by atoms with van der Waals surface area (Å²) in [5, 5.41) is 14.4. The SMILES string of the molecule is CCCNc1[nH]c(=O)n(O)c(=O)c1C(=O)NCc1cccc(Cl)c1F. The zero-order valence-corrected chi connectivity index (χ0v) is 14.0. The van der Waals surface area contributed by atoms with Gasteiger partial charge in [-0.1, -0.05) is 35.4 Å². The number of hydrogen-bond donors (Lipinski definition) is 4. The minimum Gasteiger partial charge on any atom is -0.421 e. The van der Waals surface area contributed by atoms with Crippen molar-refractivity contribution in [2.45, 2.75) is 19.9 Å². The molecule has 0 aliphatic heterocycles. The van der Waals surface area contributed by atoms with E-state index in [0.717, 1.165) is 0 Å². The Labute approximate surface area is 146 Å². The zero-order chi connectivity index (χ0) is 18.6. The van der Waals surface area contributed by atoms with Gasteiger partial charge in [-0.05, 0) is 12.5 Å². The lowest BCUT2D eigenvalue weighted by Crippen LogP contribution is -2.41. The van der Waals surface area contributed by atoms with E-state index in [1.165, 1.54) is 18.2 Å². The lowest BCUT2D eigenvalue weighted by Gasteiger charge is -2.12. The van der Waals surface area contributed by atoms with Gasteiger partial charge < -0.3 is 15.8 Å². The predicted octanol–water partition coefficient (Wildman–Crippen LogP) is 1.32. The summed E-state index contributed by atoms with van der Waals surface area (Å²) in [6.45, 7) is 2.00. The van der Waals surface area contributed by atoms with Crippen LogP contribution in [0.2, 0.25) is 5.02 Å². The molecule has 1 aromatic heterocycles. The molecule has 1 amide bonds. The zero-order valence-electron chi connectivity index (χ0n) is 13.2. The number of H-pyrrole nitrogens is 1. The standard InChI is InChI=1S/C15H16ClFN4O4/c1-2-6-18-12-10(14(23)21(25)15(24)20-12)13(22)19-7-8-4-3-5-9(16)11(8)17/h3-5,18,25H,2,6-7H2,1H3,(H,19,22)(H,20,24). The van der Waals surface area contributed by atoms with Gasteiger partial charge in [0.15, 0.2) is 0 Å². The Hall–Kier alpha value is -2.81. The molecule has 0 fully saturated rings. The maximum absolute atomic E-state index is 13.8. The highest BCUT2D eigenvalue weighted by Gasteiger charge is 2.21. The number of nitrogens with one attached hydrogen (secondary N) is 3. The van der Waals surface area contributed by atoms with Crippen molar-refractivity contribution < 1.29 is 14.4 Å². The highest BCUT2D eigenvalue weighted by Crippen LogP contribution is 2.17. The van der Waals surface area contributed by atoms with Crippen LogP contribution in [0.3, 0.4) is 0 Å². The average Bonchev–Trinajstić information content (AvgIpc) is 2.59. The summed E-state index contributed by atoms with van der Waals surface area (Å²) in [7, 11) is 0. The summed E-state index contributed by atoms with van der Waals surface area (Å²) < 4.78 is 13.6. The first-order valence-electron chi connectivity index (χ1n) is 7.40. The second-order valence-electron chi connectivity index (χ2n) is 5.12. The lowest BCUT2D eigenvalue weighted by atomic mass is 10.2. The van der Waals surface area contributed by atoms with Crippen molar-refractivity contribution in [1.82, 2.24) is 15.0 Å². The molecule has 0 saturated carbocycles. The third-order valence-electron chi connectivity index (χ3n) is 3.33. The van der Waals surface area contributed by atoms with Crippen LogP contribution in [-0.2, 0) is 6.54 Å². The minimum absolute atomic E-state index is 0.0983. The summed E-state index contributed by atoms with van der Waals surface area (Å²) in [5.41, 5.74) is -2.64. The number of benzene rings is 1. The van der Waals surface area contributed by atoms with Crippen LogP contribution >= 0.6 is 11.6 Å². The molecule has 0 aliphatic rings. The van der Waals surface area contributed by atoms with Gasteiger partial charge in [0.25, 0.3) is 5.91 Å². The Bertz CT molecular complexity index is 909. The Morgan fingerprint density at radius 3 is 2.80 bits per heavy atom. The van der Waals surface area contributed by atoms with Crippen LogP contribution in [0.1, 0.15) is 29.3 Å². The summed E-state index contributed by atoms with van der Waals surface area (Å²) in [4.78, 5) is 38.1. The van der Waals surface area contributed by atoms with Crippen molar-refractivity contribution in [3.63, 3.8) is 0 Å². The fourth-order valence-electron chi connectivity index (χ4n) is 2.07. The largest absolute Gasteiger partial charge is 0.421 e. The van der Waals surface area contributed by atoms with Gasteiger partial charge in [0.1, 0.15) is 17.2 Å². The Balaban J connectivity index is 2.32. The van der Waals surface area contributed by atoms with Crippen LogP contribution in [0.5, 0.6) is 0 Å². The van der Waals surface area contributed by atoms with Crippen molar-refractivity contribution in [3.05, 3.63) is 61.0 Å². The van der Waals surface area contributed by atoms with Crippen LogP contribution in [0.15, 0.2) is 27.8 Å². The van der Waals surface area contributed by atoms with E-state index in [9.17, 15) is 24.0 Å². The van der Waals surface area contributed by atoms with Gasteiger partial charge in [-0.3, -0.25) is 14.6 Å². The quantitative estimate of drug-likeness (QED) is 0.572. The number of carbonyl (C=O) groups excluding carboxylic acids is 1. The second kappa shape index (κ2) is 7.84. The van der Waals surface area contributed by atoms with Gasteiger partial charge in [-0.2, -0.15) is 0 Å². The molecular weight excluding hydrogens is 355 g/mol. The molecule has 8 nitrogen and oxygen atoms in total. The monoisotopic (exact) mass is 370 g/mol. The summed E-state index contributed by atoms with van der Waals surface area (Å²) in [5.74, 6) is -1.69. The van der Waals surface area contributed by atoms with E-state index >= 15 is 0 Å². The molecule has 4 N–H and O–H groups in total. The molecule has 134 valence electrons. The lowest BCUT2D eigenvalue weighted by molar-refractivity contribution is 0.0939. The maximum Gasteiger partial charge on any atom is 0.363 e. The molecule has 1 aromatic carbocycles. The van der Waals surface area contributed by atoms with E-state index in [-0.39, 0.29) is 27.7 Å². The minimum atomic E-state index is -1.19. The number of anilines is 1. The molecule has 0 aliphatic carbocycles. The smallest absolute Gasteiger partial charge is 0.363 e. The van der Waals surface area contributed by atoms with Gasteiger partial charge >= 0.3 is 11.2 Å².